The van der Waals surface area contributed by atoms with Crippen LogP contribution in [0.1, 0.15) is 24.4 Å². The van der Waals surface area contributed by atoms with Crippen molar-refractivity contribution in [2.75, 3.05) is 13.7 Å². The maximum absolute atomic E-state index is 6.03. The predicted octanol–water partition coefficient (Wildman–Crippen LogP) is 2.55. The number of ether oxygens (including phenoxy) is 2. The van der Waals surface area contributed by atoms with Gasteiger partial charge in [-0.15, -0.1) is 0 Å². The van der Waals surface area contributed by atoms with E-state index in [1.807, 2.05) is 18.2 Å². The van der Waals surface area contributed by atoms with Crippen LogP contribution in [0.2, 0.25) is 5.02 Å². The molecule has 1 atom stereocenters. The second kappa shape index (κ2) is 6.09. The number of benzene rings is 1. The molecular weight excluding hydrogens is 252 g/mol. The molecule has 0 aromatic heterocycles. The van der Waals surface area contributed by atoms with Crippen LogP contribution in [0.4, 0.5) is 0 Å². The number of hydrogen-bond acceptors (Lipinski definition) is 4. The standard InChI is InChI=1S/C13H17ClN2O2/c1-17-11-6-5-9(14)8-10(11)13(16-15)12-4-2-3-7-18-12/h4-6,8,13,16H,2-3,7,15H2,1H3. The minimum Gasteiger partial charge on any atom is -0.496 e. The van der Waals surface area contributed by atoms with Crippen LogP contribution in [-0.4, -0.2) is 13.7 Å². The lowest BCUT2D eigenvalue weighted by atomic mass is 10.0. The predicted molar refractivity (Wildman–Crippen MR) is 71.3 cm³/mol. The Morgan fingerprint density at radius 1 is 1.50 bits per heavy atom. The lowest BCUT2D eigenvalue weighted by Crippen LogP contribution is -2.31. The average Bonchev–Trinajstić information content (AvgIpc) is 2.41. The molecule has 0 aliphatic carbocycles. The van der Waals surface area contributed by atoms with Gasteiger partial charge in [0.15, 0.2) is 0 Å². The van der Waals surface area contributed by atoms with Crippen molar-refractivity contribution < 1.29 is 9.47 Å². The molecule has 2 rings (SSSR count). The summed E-state index contributed by atoms with van der Waals surface area (Å²) in [5, 5.41) is 0.641. The highest BCUT2D eigenvalue weighted by Crippen LogP contribution is 2.33. The molecule has 0 spiro atoms. The molecule has 4 nitrogen and oxygen atoms in total. The van der Waals surface area contributed by atoms with Gasteiger partial charge in [-0.2, -0.15) is 0 Å². The second-order valence-corrected chi connectivity index (χ2v) is 4.52. The van der Waals surface area contributed by atoms with Crippen molar-refractivity contribution in [2.24, 2.45) is 5.84 Å². The zero-order valence-electron chi connectivity index (χ0n) is 10.3. The summed E-state index contributed by atoms with van der Waals surface area (Å²) in [6.45, 7) is 0.715. The minimum atomic E-state index is -0.237. The first-order valence-corrected chi connectivity index (χ1v) is 6.26. The summed E-state index contributed by atoms with van der Waals surface area (Å²) in [6.07, 6.45) is 4.08. The van der Waals surface area contributed by atoms with Crippen LogP contribution in [0.15, 0.2) is 30.0 Å². The maximum Gasteiger partial charge on any atom is 0.124 e. The lowest BCUT2D eigenvalue weighted by Gasteiger charge is -2.24. The monoisotopic (exact) mass is 268 g/mol. The van der Waals surface area contributed by atoms with Crippen LogP contribution < -0.4 is 16.0 Å². The van der Waals surface area contributed by atoms with Crippen molar-refractivity contribution in [3.8, 4) is 5.75 Å². The molecule has 98 valence electrons. The Balaban J connectivity index is 2.37. The third-order valence-corrected chi connectivity index (χ3v) is 3.15. The van der Waals surface area contributed by atoms with Crippen LogP contribution in [0.3, 0.4) is 0 Å². The van der Waals surface area contributed by atoms with Gasteiger partial charge in [-0.1, -0.05) is 11.6 Å². The highest BCUT2D eigenvalue weighted by Gasteiger charge is 2.22. The Hall–Kier alpha value is -1.23. The molecule has 0 amide bonds. The van der Waals surface area contributed by atoms with Gasteiger partial charge in [-0.3, -0.25) is 5.84 Å². The largest absolute Gasteiger partial charge is 0.496 e. The van der Waals surface area contributed by atoms with Crippen molar-refractivity contribution in [3.63, 3.8) is 0 Å². The number of nitrogens with two attached hydrogens (primary N) is 1. The summed E-state index contributed by atoms with van der Waals surface area (Å²) < 4.78 is 11.0. The van der Waals surface area contributed by atoms with E-state index in [2.05, 4.69) is 5.43 Å². The Bertz CT molecular complexity index is 449. The number of hydrogen-bond donors (Lipinski definition) is 2. The molecule has 0 bridgehead atoms. The SMILES string of the molecule is COc1ccc(Cl)cc1C(NN)C1=CCCCO1. The molecule has 0 fully saturated rings. The number of nitrogens with one attached hydrogen (secondary N) is 1. The first-order valence-electron chi connectivity index (χ1n) is 5.88. The lowest BCUT2D eigenvalue weighted by molar-refractivity contribution is 0.167. The van der Waals surface area contributed by atoms with E-state index in [4.69, 9.17) is 26.9 Å². The van der Waals surface area contributed by atoms with E-state index in [9.17, 15) is 0 Å². The van der Waals surface area contributed by atoms with Gasteiger partial charge in [0.25, 0.3) is 0 Å². The molecule has 1 unspecified atom stereocenters. The van der Waals surface area contributed by atoms with Crippen molar-refractivity contribution >= 4 is 11.6 Å². The summed E-state index contributed by atoms with van der Waals surface area (Å²) in [4.78, 5) is 0. The molecule has 1 heterocycles. The third-order valence-electron chi connectivity index (χ3n) is 2.92. The Morgan fingerprint density at radius 3 is 2.94 bits per heavy atom. The molecule has 5 heteroatoms. The number of methoxy groups -OCH3 is 1. The van der Waals surface area contributed by atoms with E-state index < -0.39 is 0 Å². The summed E-state index contributed by atoms with van der Waals surface area (Å²) in [7, 11) is 1.62. The molecule has 0 saturated carbocycles. The first kappa shape index (κ1) is 13.2. The van der Waals surface area contributed by atoms with Gasteiger partial charge in [-0.05, 0) is 37.1 Å². The molecule has 3 N–H and O–H groups in total. The van der Waals surface area contributed by atoms with Gasteiger partial charge in [0.2, 0.25) is 0 Å². The van der Waals surface area contributed by atoms with Crippen LogP contribution in [0.25, 0.3) is 0 Å². The molecule has 0 radical (unpaired) electrons. The van der Waals surface area contributed by atoms with Gasteiger partial charge in [0, 0.05) is 10.6 Å². The fraction of sp³-hybridized carbons (Fsp3) is 0.385. The van der Waals surface area contributed by atoms with Gasteiger partial charge in [0.1, 0.15) is 17.6 Å². The molecular formula is C13H17ClN2O2. The van der Waals surface area contributed by atoms with Crippen LogP contribution in [0.5, 0.6) is 5.75 Å². The smallest absolute Gasteiger partial charge is 0.124 e. The van der Waals surface area contributed by atoms with E-state index >= 15 is 0 Å². The number of rotatable bonds is 4. The first-order chi connectivity index (χ1) is 8.76. The van der Waals surface area contributed by atoms with E-state index in [0.717, 1.165) is 29.9 Å². The fourth-order valence-electron chi connectivity index (χ4n) is 2.03. The van der Waals surface area contributed by atoms with E-state index in [1.165, 1.54) is 0 Å². The number of allylic oxidation sites excluding steroid dienone is 1. The van der Waals surface area contributed by atoms with E-state index in [0.29, 0.717) is 11.6 Å². The highest BCUT2D eigenvalue weighted by molar-refractivity contribution is 6.30. The molecule has 1 aromatic rings. The van der Waals surface area contributed by atoms with Crippen molar-refractivity contribution in [3.05, 3.63) is 40.6 Å². The zero-order valence-corrected chi connectivity index (χ0v) is 11.0. The highest BCUT2D eigenvalue weighted by atomic mass is 35.5. The van der Waals surface area contributed by atoms with E-state index in [1.54, 1.807) is 13.2 Å². The molecule has 1 aliphatic rings. The summed E-state index contributed by atoms with van der Waals surface area (Å²) >= 11 is 6.03. The van der Waals surface area contributed by atoms with Gasteiger partial charge in [0.05, 0.1) is 13.7 Å². The quantitative estimate of drug-likeness (QED) is 0.651. The normalized spacial score (nSPS) is 16.7. The van der Waals surface area contributed by atoms with Gasteiger partial charge in [-0.25, -0.2) is 5.43 Å². The van der Waals surface area contributed by atoms with E-state index in [-0.39, 0.29) is 6.04 Å². The van der Waals surface area contributed by atoms with Crippen LogP contribution in [-0.2, 0) is 4.74 Å². The van der Waals surface area contributed by atoms with Gasteiger partial charge < -0.3 is 9.47 Å². The molecule has 18 heavy (non-hydrogen) atoms. The van der Waals surface area contributed by atoms with Crippen LogP contribution in [0, 0.1) is 0 Å². The topological polar surface area (TPSA) is 56.5 Å². The van der Waals surface area contributed by atoms with Gasteiger partial charge >= 0.3 is 0 Å². The van der Waals surface area contributed by atoms with Crippen molar-refractivity contribution in [1.82, 2.24) is 5.43 Å². The van der Waals surface area contributed by atoms with Crippen molar-refractivity contribution in [2.45, 2.75) is 18.9 Å². The molecule has 1 aromatic carbocycles. The Labute approximate surface area is 112 Å². The summed E-state index contributed by atoms with van der Waals surface area (Å²) in [5.74, 6) is 7.20. The minimum absolute atomic E-state index is 0.237. The average molecular weight is 269 g/mol. The second-order valence-electron chi connectivity index (χ2n) is 4.08. The van der Waals surface area contributed by atoms with Crippen LogP contribution >= 0.6 is 11.6 Å². The van der Waals surface area contributed by atoms with Crippen molar-refractivity contribution in [1.29, 1.82) is 0 Å². The number of hydrazine groups is 1. The number of halogens is 1. The summed E-state index contributed by atoms with van der Waals surface area (Å²) in [6, 6.07) is 5.21. The zero-order chi connectivity index (χ0) is 13.0. The Kier molecular flexibility index (Phi) is 4.47. The maximum atomic E-state index is 6.03. The summed E-state index contributed by atoms with van der Waals surface area (Å²) in [5.41, 5.74) is 3.63. The molecule has 1 aliphatic heterocycles. The molecule has 0 saturated heterocycles. The Morgan fingerprint density at radius 2 is 2.33 bits per heavy atom. The third kappa shape index (κ3) is 2.77. The fourth-order valence-corrected chi connectivity index (χ4v) is 2.21.